The van der Waals surface area contributed by atoms with E-state index in [9.17, 15) is 4.79 Å². The van der Waals surface area contributed by atoms with Crippen molar-refractivity contribution >= 4 is 27.6 Å². The van der Waals surface area contributed by atoms with Crippen LogP contribution in [-0.2, 0) is 0 Å². The highest BCUT2D eigenvalue weighted by Crippen LogP contribution is 2.19. The Bertz CT molecular complexity index is 379. The lowest BCUT2D eigenvalue weighted by atomic mass is 10.2. The molecule has 0 aliphatic rings. The number of halogens is 1. The summed E-state index contributed by atoms with van der Waals surface area (Å²) in [4.78, 5) is 11.6. The van der Waals surface area contributed by atoms with Crippen LogP contribution >= 0.6 is 15.9 Å². The molecule has 4 heteroatoms. The van der Waals surface area contributed by atoms with E-state index in [1.54, 1.807) is 0 Å². The second-order valence-corrected chi connectivity index (χ2v) is 4.78. The van der Waals surface area contributed by atoms with Gasteiger partial charge in [0.1, 0.15) is 0 Å². The van der Waals surface area contributed by atoms with Crippen molar-refractivity contribution in [1.29, 1.82) is 0 Å². The lowest BCUT2D eigenvalue weighted by molar-refractivity contribution is 0.249. The Labute approximate surface area is 105 Å². The largest absolute Gasteiger partial charge is 0.335 e. The van der Waals surface area contributed by atoms with Crippen LogP contribution in [0.25, 0.3) is 0 Å². The van der Waals surface area contributed by atoms with Gasteiger partial charge in [-0.05, 0) is 44.0 Å². The Kier molecular flexibility index (Phi) is 4.80. The summed E-state index contributed by atoms with van der Waals surface area (Å²) in [6.45, 7) is 5.98. The average Bonchev–Trinajstić information content (AvgIpc) is 2.22. The first-order chi connectivity index (χ1) is 7.52. The molecule has 0 heterocycles. The molecule has 0 saturated carbocycles. The molecule has 1 aromatic rings. The molecule has 0 aliphatic carbocycles. The van der Waals surface area contributed by atoms with E-state index >= 15 is 0 Å². The molecule has 88 valence electrons. The van der Waals surface area contributed by atoms with E-state index in [-0.39, 0.29) is 12.1 Å². The van der Waals surface area contributed by atoms with Crippen LogP contribution in [0.2, 0.25) is 0 Å². The molecular formula is C12H17BrN2O. The zero-order valence-corrected chi connectivity index (χ0v) is 11.4. The number of carbonyl (C=O) groups excluding carboxylic acids is 1. The number of rotatable bonds is 3. The predicted octanol–water partition coefficient (Wildman–Crippen LogP) is 3.68. The van der Waals surface area contributed by atoms with Gasteiger partial charge in [-0.1, -0.05) is 22.9 Å². The Morgan fingerprint density at radius 2 is 2.19 bits per heavy atom. The Morgan fingerprint density at radius 3 is 2.75 bits per heavy atom. The zero-order chi connectivity index (χ0) is 12.1. The van der Waals surface area contributed by atoms with E-state index < -0.39 is 0 Å². The Morgan fingerprint density at radius 1 is 1.50 bits per heavy atom. The summed E-state index contributed by atoms with van der Waals surface area (Å²) in [7, 11) is 0. The molecule has 1 rings (SSSR count). The van der Waals surface area contributed by atoms with Gasteiger partial charge in [-0.2, -0.15) is 0 Å². The van der Waals surface area contributed by atoms with Crippen LogP contribution in [-0.4, -0.2) is 12.1 Å². The third-order valence-electron chi connectivity index (χ3n) is 2.43. The molecule has 0 spiro atoms. The first kappa shape index (κ1) is 13.0. The highest BCUT2D eigenvalue weighted by atomic mass is 79.9. The van der Waals surface area contributed by atoms with E-state index in [2.05, 4.69) is 26.6 Å². The van der Waals surface area contributed by atoms with Crippen molar-refractivity contribution in [2.45, 2.75) is 33.2 Å². The van der Waals surface area contributed by atoms with E-state index in [0.29, 0.717) is 0 Å². The van der Waals surface area contributed by atoms with Crippen molar-refractivity contribution in [3.8, 4) is 0 Å². The quantitative estimate of drug-likeness (QED) is 0.874. The van der Waals surface area contributed by atoms with Crippen LogP contribution in [0.5, 0.6) is 0 Å². The lowest BCUT2D eigenvalue weighted by Gasteiger charge is -2.13. The smallest absolute Gasteiger partial charge is 0.319 e. The van der Waals surface area contributed by atoms with Gasteiger partial charge in [0.25, 0.3) is 0 Å². The molecule has 0 fully saturated rings. The highest BCUT2D eigenvalue weighted by Gasteiger charge is 2.06. The summed E-state index contributed by atoms with van der Waals surface area (Å²) in [6.07, 6.45) is 0.923. The van der Waals surface area contributed by atoms with Crippen LogP contribution in [0.3, 0.4) is 0 Å². The van der Waals surface area contributed by atoms with Gasteiger partial charge in [0, 0.05) is 16.2 Å². The summed E-state index contributed by atoms with van der Waals surface area (Å²) in [5.74, 6) is 0. The van der Waals surface area contributed by atoms with Crippen molar-refractivity contribution in [3.05, 3.63) is 28.2 Å². The third-order valence-corrected chi connectivity index (χ3v) is 2.92. The summed E-state index contributed by atoms with van der Waals surface area (Å²) in [6, 6.07) is 5.80. The number of hydrogen-bond acceptors (Lipinski definition) is 1. The number of urea groups is 1. The first-order valence-electron chi connectivity index (χ1n) is 5.36. The molecule has 16 heavy (non-hydrogen) atoms. The number of amides is 2. The fraction of sp³-hybridized carbons (Fsp3) is 0.417. The summed E-state index contributed by atoms with van der Waals surface area (Å²) < 4.78 is 1.01. The molecule has 0 aliphatic heterocycles. The molecule has 0 saturated heterocycles. The van der Waals surface area contributed by atoms with Gasteiger partial charge in [-0.15, -0.1) is 0 Å². The van der Waals surface area contributed by atoms with Crippen molar-refractivity contribution in [2.24, 2.45) is 0 Å². The fourth-order valence-electron chi connectivity index (χ4n) is 1.25. The molecule has 2 amide bonds. The first-order valence-corrected chi connectivity index (χ1v) is 6.16. The van der Waals surface area contributed by atoms with E-state index in [1.807, 2.05) is 39.0 Å². The van der Waals surface area contributed by atoms with Gasteiger partial charge in [0.2, 0.25) is 0 Å². The van der Waals surface area contributed by atoms with Crippen LogP contribution < -0.4 is 10.6 Å². The van der Waals surface area contributed by atoms with Gasteiger partial charge < -0.3 is 10.6 Å². The van der Waals surface area contributed by atoms with Crippen molar-refractivity contribution in [1.82, 2.24) is 5.32 Å². The number of hydrogen-bond donors (Lipinski definition) is 2. The van der Waals surface area contributed by atoms with Gasteiger partial charge in [0.05, 0.1) is 0 Å². The Balaban J connectivity index is 2.63. The molecule has 3 nitrogen and oxygen atoms in total. The normalized spacial score (nSPS) is 12.0. The zero-order valence-electron chi connectivity index (χ0n) is 9.80. The molecule has 0 aromatic heterocycles. The van der Waals surface area contributed by atoms with Crippen LogP contribution in [0.1, 0.15) is 25.8 Å². The SMILES string of the molecule is CC[C@@H](C)NC(=O)Nc1ccc(Br)cc1C. The van der Waals surface area contributed by atoms with Gasteiger partial charge >= 0.3 is 6.03 Å². The maximum atomic E-state index is 11.6. The van der Waals surface area contributed by atoms with Gasteiger partial charge in [0.15, 0.2) is 0 Å². The lowest BCUT2D eigenvalue weighted by Crippen LogP contribution is -2.35. The summed E-state index contributed by atoms with van der Waals surface area (Å²) in [5.41, 5.74) is 1.87. The predicted molar refractivity (Wildman–Crippen MR) is 70.8 cm³/mol. The van der Waals surface area contributed by atoms with Crippen LogP contribution in [0.4, 0.5) is 10.5 Å². The fourth-order valence-corrected chi connectivity index (χ4v) is 1.73. The standard InChI is InChI=1S/C12H17BrN2O/c1-4-9(3)14-12(16)15-11-6-5-10(13)7-8(11)2/h5-7,9H,4H2,1-3H3,(H2,14,15,16)/t9-/m1/s1. The second-order valence-electron chi connectivity index (χ2n) is 3.87. The molecule has 1 aromatic carbocycles. The molecule has 0 unspecified atom stereocenters. The van der Waals surface area contributed by atoms with Crippen molar-refractivity contribution < 1.29 is 4.79 Å². The number of nitrogens with one attached hydrogen (secondary N) is 2. The molecule has 0 radical (unpaired) electrons. The van der Waals surface area contributed by atoms with Crippen LogP contribution in [0.15, 0.2) is 22.7 Å². The minimum Gasteiger partial charge on any atom is -0.335 e. The van der Waals surface area contributed by atoms with E-state index in [0.717, 1.165) is 22.1 Å². The van der Waals surface area contributed by atoms with E-state index in [1.165, 1.54) is 0 Å². The minimum absolute atomic E-state index is 0.153. The molecule has 2 N–H and O–H groups in total. The number of carbonyl (C=O) groups is 1. The molecular weight excluding hydrogens is 268 g/mol. The number of benzene rings is 1. The van der Waals surface area contributed by atoms with Gasteiger partial charge in [-0.25, -0.2) is 4.79 Å². The third kappa shape index (κ3) is 3.85. The summed E-state index contributed by atoms with van der Waals surface area (Å²) >= 11 is 3.39. The molecule has 0 bridgehead atoms. The minimum atomic E-state index is -0.153. The number of anilines is 1. The monoisotopic (exact) mass is 284 g/mol. The number of aryl methyl sites for hydroxylation is 1. The topological polar surface area (TPSA) is 41.1 Å². The molecule has 1 atom stereocenters. The van der Waals surface area contributed by atoms with Crippen molar-refractivity contribution in [3.63, 3.8) is 0 Å². The Hall–Kier alpha value is -1.03. The summed E-state index contributed by atoms with van der Waals surface area (Å²) in [5, 5.41) is 5.69. The maximum Gasteiger partial charge on any atom is 0.319 e. The average molecular weight is 285 g/mol. The second kappa shape index (κ2) is 5.89. The maximum absolute atomic E-state index is 11.6. The van der Waals surface area contributed by atoms with Gasteiger partial charge in [-0.3, -0.25) is 0 Å². The van der Waals surface area contributed by atoms with E-state index in [4.69, 9.17) is 0 Å². The van der Waals surface area contributed by atoms with Crippen molar-refractivity contribution in [2.75, 3.05) is 5.32 Å². The highest BCUT2D eigenvalue weighted by molar-refractivity contribution is 9.10. The van der Waals surface area contributed by atoms with Crippen LogP contribution in [0, 0.1) is 6.92 Å².